The number of Topliss-reactive ketones (excluding diaryl/α,β-unsaturated/α-hetero) is 1. The van der Waals surface area contributed by atoms with Crippen molar-refractivity contribution >= 4 is 11.8 Å². The first kappa shape index (κ1) is 16.7. The smallest absolute Gasteiger partial charge is 0.357 e. The Balaban J connectivity index is 1.69. The summed E-state index contributed by atoms with van der Waals surface area (Å²) in [7, 11) is 0. The van der Waals surface area contributed by atoms with E-state index in [4.69, 9.17) is 9.15 Å². The van der Waals surface area contributed by atoms with Gasteiger partial charge in [0.2, 0.25) is 5.78 Å². The Morgan fingerprint density at radius 2 is 2.04 bits per heavy atom. The fraction of sp³-hybridized carbons (Fsp3) is 0.211. The Labute approximate surface area is 145 Å². The third-order valence-electron chi connectivity index (χ3n) is 3.98. The highest BCUT2D eigenvalue weighted by Gasteiger charge is 2.18. The molecule has 0 aliphatic carbocycles. The first-order chi connectivity index (χ1) is 12.1. The first-order valence-corrected chi connectivity index (χ1v) is 7.86. The number of esters is 1. The summed E-state index contributed by atoms with van der Waals surface area (Å²) in [5.74, 6) is -0.0520. The lowest BCUT2D eigenvalue weighted by Crippen LogP contribution is -2.16. The molecule has 6 nitrogen and oxygen atoms in total. The van der Waals surface area contributed by atoms with Crippen LogP contribution in [0.15, 0.2) is 53.3 Å². The summed E-state index contributed by atoms with van der Waals surface area (Å²) in [4.78, 5) is 28.2. The van der Waals surface area contributed by atoms with Gasteiger partial charge < -0.3 is 13.7 Å². The number of carbonyl (C=O) groups excluding carboxylic acids is 2. The number of nitrogens with zero attached hydrogens (tertiary/aromatic N) is 2. The molecule has 128 valence electrons. The molecule has 0 aliphatic rings. The van der Waals surface area contributed by atoms with Crippen LogP contribution < -0.4 is 0 Å². The number of hydrogen-bond acceptors (Lipinski definition) is 5. The van der Waals surface area contributed by atoms with E-state index in [9.17, 15) is 9.59 Å². The summed E-state index contributed by atoms with van der Waals surface area (Å²) in [6, 6.07) is 10.4. The molecule has 0 saturated heterocycles. The molecule has 0 aliphatic heterocycles. The van der Waals surface area contributed by atoms with E-state index in [1.54, 1.807) is 30.5 Å². The minimum absolute atomic E-state index is 0.179. The molecular formula is C19H18N2O4. The van der Waals surface area contributed by atoms with E-state index >= 15 is 0 Å². The molecule has 3 aromatic rings. The second kappa shape index (κ2) is 7.17. The zero-order chi connectivity index (χ0) is 17.8. The molecule has 0 saturated carbocycles. The van der Waals surface area contributed by atoms with Crippen LogP contribution >= 0.6 is 0 Å². The van der Waals surface area contributed by atoms with Gasteiger partial charge in [0, 0.05) is 23.1 Å². The van der Waals surface area contributed by atoms with Crippen LogP contribution in [0.5, 0.6) is 0 Å². The number of ether oxygens (including phenoxy) is 1. The molecule has 3 rings (SSSR count). The van der Waals surface area contributed by atoms with Gasteiger partial charge in [-0.15, -0.1) is 0 Å². The van der Waals surface area contributed by atoms with Crippen molar-refractivity contribution in [3.05, 3.63) is 77.3 Å². The van der Waals surface area contributed by atoms with Crippen molar-refractivity contribution in [3.63, 3.8) is 0 Å². The van der Waals surface area contributed by atoms with Crippen molar-refractivity contribution in [2.24, 2.45) is 0 Å². The van der Waals surface area contributed by atoms with Crippen molar-refractivity contribution in [2.75, 3.05) is 6.61 Å². The summed E-state index contributed by atoms with van der Waals surface area (Å²) in [6.45, 7) is 4.02. The molecule has 0 N–H and O–H groups in total. The van der Waals surface area contributed by atoms with Crippen LogP contribution in [0.2, 0.25) is 0 Å². The number of hydrogen-bond donors (Lipinski definition) is 0. The highest BCUT2D eigenvalue weighted by atomic mass is 16.5. The third-order valence-corrected chi connectivity index (χ3v) is 3.98. The Bertz CT molecular complexity index is 880. The molecule has 0 unspecified atom stereocenters. The molecule has 3 heterocycles. The highest BCUT2D eigenvalue weighted by Crippen LogP contribution is 2.18. The maximum atomic E-state index is 12.4. The van der Waals surface area contributed by atoms with Crippen LogP contribution in [0.4, 0.5) is 0 Å². The molecule has 6 heteroatoms. The first-order valence-electron chi connectivity index (χ1n) is 7.86. The second-order valence-corrected chi connectivity index (χ2v) is 5.66. The summed E-state index contributed by atoms with van der Waals surface area (Å²) < 4.78 is 12.4. The molecule has 25 heavy (non-hydrogen) atoms. The number of carbonyl (C=O) groups is 2. The lowest BCUT2D eigenvalue weighted by atomic mass is 10.1. The van der Waals surface area contributed by atoms with Crippen molar-refractivity contribution in [1.82, 2.24) is 9.55 Å². The minimum Gasteiger partial charge on any atom is -0.467 e. The molecule has 0 spiro atoms. The van der Waals surface area contributed by atoms with Crippen LogP contribution in [0, 0.1) is 13.8 Å². The maximum absolute atomic E-state index is 12.4. The van der Waals surface area contributed by atoms with Crippen LogP contribution in [0.25, 0.3) is 0 Å². The Morgan fingerprint density at radius 1 is 1.20 bits per heavy atom. The molecule has 0 atom stereocenters. The van der Waals surface area contributed by atoms with Crippen molar-refractivity contribution in [1.29, 1.82) is 0 Å². The molecule has 0 aromatic carbocycles. The predicted octanol–water partition coefficient (Wildman–Crippen LogP) is 3.18. The van der Waals surface area contributed by atoms with Crippen molar-refractivity contribution in [3.8, 4) is 0 Å². The van der Waals surface area contributed by atoms with E-state index in [0.29, 0.717) is 12.1 Å². The van der Waals surface area contributed by atoms with E-state index in [1.807, 2.05) is 30.5 Å². The van der Waals surface area contributed by atoms with Crippen LogP contribution in [0.3, 0.4) is 0 Å². The third kappa shape index (κ3) is 3.68. The van der Waals surface area contributed by atoms with Gasteiger partial charge in [0.25, 0.3) is 0 Å². The van der Waals surface area contributed by atoms with Crippen molar-refractivity contribution in [2.45, 2.75) is 20.4 Å². The maximum Gasteiger partial charge on any atom is 0.357 e. The van der Waals surface area contributed by atoms with Crippen LogP contribution in [-0.4, -0.2) is 27.9 Å². The number of pyridine rings is 1. The molecule has 0 amide bonds. The monoisotopic (exact) mass is 338 g/mol. The Hall–Kier alpha value is -3.15. The summed E-state index contributed by atoms with van der Waals surface area (Å²) in [6.07, 6.45) is 3.12. The van der Waals surface area contributed by atoms with Gasteiger partial charge in [0.15, 0.2) is 6.61 Å². The Morgan fingerprint density at radius 3 is 2.72 bits per heavy atom. The summed E-state index contributed by atoms with van der Waals surface area (Å²) in [5.41, 5.74) is 2.47. The van der Waals surface area contributed by atoms with Gasteiger partial charge >= 0.3 is 5.97 Å². The second-order valence-electron chi connectivity index (χ2n) is 5.66. The van der Waals surface area contributed by atoms with E-state index in [1.165, 1.54) is 6.20 Å². The molecular weight excluding hydrogens is 320 g/mol. The fourth-order valence-electron chi connectivity index (χ4n) is 2.65. The fourth-order valence-corrected chi connectivity index (χ4v) is 2.65. The average Bonchev–Trinajstić information content (AvgIpc) is 3.24. The van der Waals surface area contributed by atoms with Gasteiger partial charge in [-0.1, -0.05) is 6.07 Å². The summed E-state index contributed by atoms with van der Waals surface area (Å²) >= 11 is 0. The van der Waals surface area contributed by atoms with Gasteiger partial charge in [-0.2, -0.15) is 0 Å². The van der Waals surface area contributed by atoms with E-state index < -0.39 is 5.97 Å². The van der Waals surface area contributed by atoms with Crippen molar-refractivity contribution < 1.29 is 18.7 Å². The van der Waals surface area contributed by atoms with Crippen LogP contribution in [-0.2, 0) is 11.3 Å². The Kier molecular flexibility index (Phi) is 4.79. The van der Waals surface area contributed by atoms with E-state index in [2.05, 4.69) is 4.98 Å². The lowest BCUT2D eigenvalue weighted by Gasteiger charge is -2.08. The van der Waals surface area contributed by atoms with Crippen LogP contribution in [0.1, 0.15) is 38.0 Å². The number of furan rings is 1. The van der Waals surface area contributed by atoms with Gasteiger partial charge in [-0.3, -0.25) is 4.79 Å². The van der Waals surface area contributed by atoms with E-state index in [0.717, 1.165) is 17.1 Å². The lowest BCUT2D eigenvalue weighted by molar-refractivity contribution is 0.0468. The zero-order valence-electron chi connectivity index (χ0n) is 14.1. The van der Waals surface area contributed by atoms with Gasteiger partial charge in [0.05, 0.1) is 12.8 Å². The molecule has 0 radical (unpaired) electrons. The van der Waals surface area contributed by atoms with Gasteiger partial charge in [0.1, 0.15) is 11.5 Å². The van der Waals surface area contributed by atoms with E-state index in [-0.39, 0.29) is 18.1 Å². The summed E-state index contributed by atoms with van der Waals surface area (Å²) in [5, 5.41) is 0. The quantitative estimate of drug-likeness (QED) is 0.510. The average molecular weight is 338 g/mol. The molecule has 0 bridgehead atoms. The largest absolute Gasteiger partial charge is 0.467 e. The number of ketones is 1. The van der Waals surface area contributed by atoms with Gasteiger partial charge in [-0.05, 0) is 44.2 Å². The standard InChI is InChI=1S/C19H18N2O4/c1-13-10-16(14(2)21(13)11-15-6-5-9-24-15)18(22)12-25-19(23)17-7-3-4-8-20-17/h3-10H,11-12H2,1-2H3. The molecule has 3 aromatic heterocycles. The number of rotatable bonds is 6. The van der Waals surface area contributed by atoms with Gasteiger partial charge in [-0.25, -0.2) is 9.78 Å². The normalized spacial score (nSPS) is 10.6. The topological polar surface area (TPSA) is 74.3 Å². The zero-order valence-corrected chi connectivity index (χ0v) is 14.1. The number of aromatic nitrogens is 2. The minimum atomic E-state index is -0.613. The predicted molar refractivity (Wildman–Crippen MR) is 90.6 cm³/mol. The SMILES string of the molecule is Cc1cc(C(=O)COC(=O)c2ccccn2)c(C)n1Cc1ccco1. The highest BCUT2D eigenvalue weighted by molar-refractivity contribution is 6.00. The molecule has 0 fully saturated rings. The number of aryl methyl sites for hydroxylation is 1.